The summed E-state index contributed by atoms with van der Waals surface area (Å²) in [5.74, 6) is 1.88. The molecule has 4 rings (SSSR count). The molecular formula is C24H27N3O2. The van der Waals surface area contributed by atoms with Crippen LogP contribution in [0.15, 0.2) is 54.7 Å². The molecular weight excluding hydrogens is 362 g/mol. The second kappa shape index (κ2) is 8.95. The largest absolute Gasteiger partial charge is 0.494 e. The monoisotopic (exact) mass is 389 g/mol. The second-order valence-corrected chi connectivity index (χ2v) is 7.35. The highest BCUT2D eigenvalue weighted by molar-refractivity contribution is 5.91. The number of hydrogen-bond donors (Lipinski definition) is 1. The van der Waals surface area contributed by atoms with E-state index in [1.807, 2.05) is 61.7 Å². The van der Waals surface area contributed by atoms with Crippen molar-refractivity contribution >= 4 is 11.6 Å². The van der Waals surface area contributed by atoms with E-state index >= 15 is 0 Å². The molecule has 0 saturated carbocycles. The molecule has 1 aromatic heterocycles. The third-order valence-electron chi connectivity index (χ3n) is 5.32. The summed E-state index contributed by atoms with van der Waals surface area (Å²) in [5, 5.41) is 2.99. The first-order valence-corrected chi connectivity index (χ1v) is 10.4. The van der Waals surface area contributed by atoms with E-state index in [1.165, 1.54) is 18.5 Å². The van der Waals surface area contributed by atoms with Crippen LogP contribution in [0, 0.1) is 0 Å². The van der Waals surface area contributed by atoms with Gasteiger partial charge in [-0.2, -0.15) is 0 Å². The molecule has 1 amide bonds. The SMILES string of the molecule is CCOc1ccccc1CCC(=O)Nc1ccc(-c2ncc3n2CCCC3)cc1. The predicted octanol–water partition coefficient (Wildman–Crippen LogP) is 4.86. The molecule has 2 heterocycles. The van der Waals surface area contributed by atoms with Crippen LogP contribution in [0.25, 0.3) is 11.4 Å². The van der Waals surface area contributed by atoms with Gasteiger partial charge < -0.3 is 14.6 Å². The Morgan fingerprint density at radius 2 is 1.97 bits per heavy atom. The fourth-order valence-corrected chi connectivity index (χ4v) is 3.85. The van der Waals surface area contributed by atoms with Crippen molar-refractivity contribution in [2.75, 3.05) is 11.9 Å². The number of para-hydroxylation sites is 1. The summed E-state index contributed by atoms with van der Waals surface area (Å²) in [4.78, 5) is 17.0. The van der Waals surface area contributed by atoms with Gasteiger partial charge in [0.05, 0.1) is 6.61 Å². The van der Waals surface area contributed by atoms with Crippen LogP contribution >= 0.6 is 0 Å². The number of imidazole rings is 1. The molecule has 0 saturated heterocycles. The number of rotatable bonds is 7. The van der Waals surface area contributed by atoms with Gasteiger partial charge >= 0.3 is 0 Å². The summed E-state index contributed by atoms with van der Waals surface area (Å²) >= 11 is 0. The first-order valence-electron chi connectivity index (χ1n) is 10.4. The van der Waals surface area contributed by atoms with Crippen LogP contribution in [0.2, 0.25) is 0 Å². The van der Waals surface area contributed by atoms with E-state index < -0.39 is 0 Å². The van der Waals surface area contributed by atoms with Gasteiger partial charge in [0.25, 0.3) is 0 Å². The van der Waals surface area contributed by atoms with Crippen LogP contribution < -0.4 is 10.1 Å². The van der Waals surface area contributed by atoms with Crippen molar-refractivity contribution in [3.05, 3.63) is 66.0 Å². The van der Waals surface area contributed by atoms with E-state index in [2.05, 4.69) is 14.9 Å². The van der Waals surface area contributed by atoms with Gasteiger partial charge in [0, 0.05) is 36.1 Å². The molecule has 1 aliphatic rings. The molecule has 0 spiro atoms. The van der Waals surface area contributed by atoms with Crippen LogP contribution in [0.3, 0.4) is 0 Å². The zero-order chi connectivity index (χ0) is 20.1. The molecule has 0 unspecified atom stereocenters. The van der Waals surface area contributed by atoms with Gasteiger partial charge in [-0.1, -0.05) is 18.2 Å². The number of carbonyl (C=O) groups is 1. The van der Waals surface area contributed by atoms with Gasteiger partial charge in [-0.15, -0.1) is 0 Å². The van der Waals surface area contributed by atoms with Crippen molar-refractivity contribution in [2.24, 2.45) is 0 Å². The second-order valence-electron chi connectivity index (χ2n) is 7.35. The quantitative estimate of drug-likeness (QED) is 0.628. The normalized spacial score (nSPS) is 13.0. The van der Waals surface area contributed by atoms with Crippen LogP contribution in [0.5, 0.6) is 5.75 Å². The lowest BCUT2D eigenvalue weighted by Crippen LogP contribution is -2.13. The zero-order valence-electron chi connectivity index (χ0n) is 16.9. The summed E-state index contributed by atoms with van der Waals surface area (Å²) in [6.45, 7) is 3.62. The third-order valence-corrected chi connectivity index (χ3v) is 5.32. The number of benzene rings is 2. The van der Waals surface area contributed by atoms with Crippen molar-refractivity contribution in [3.63, 3.8) is 0 Å². The van der Waals surface area contributed by atoms with E-state index in [0.717, 1.165) is 41.4 Å². The molecule has 1 N–H and O–H groups in total. The van der Waals surface area contributed by atoms with Gasteiger partial charge in [0.2, 0.25) is 5.91 Å². The lowest BCUT2D eigenvalue weighted by atomic mass is 10.1. The number of fused-ring (bicyclic) bond motifs is 1. The van der Waals surface area contributed by atoms with Gasteiger partial charge in [-0.3, -0.25) is 4.79 Å². The molecule has 5 nitrogen and oxygen atoms in total. The minimum Gasteiger partial charge on any atom is -0.494 e. The Morgan fingerprint density at radius 3 is 2.79 bits per heavy atom. The number of aromatic nitrogens is 2. The fourth-order valence-electron chi connectivity index (χ4n) is 3.85. The molecule has 0 aliphatic carbocycles. The predicted molar refractivity (Wildman–Crippen MR) is 115 cm³/mol. The number of aryl methyl sites for hydroxylation is 2. The Kier molecular flexibility index (Phi) is 5.94. The van der Waals surface area contributed by atoms with E-state index in [-0.39, 0.29) is 5.91 Å². The molecule has 5 heteroatoms. The molecule has 0 bridgehead atoms. The maximum atomic E-state index is 12.4. The number of ether oxygens (including phenoxy) is 1. The van der Waals surface area contributed by atoms with Crippen LogP contribution in [0.4, 0.5) is 5.69 Å². The summed E-state index contributed by atoms with van der Waals surface area (Å²) in [6, 6.07) is 15.9. The third kappa shape index (κ3) is 4.50. The van der Waals surface area contributed by atoms with Crippen molar-refractivity contribution < 1.29 is 9.53 Å². The van der Waals surface area contributed by atoms with Crippen molar-refractivity contribution in [3.8, 4) is 17.1 Å². The molecule has 2 aromatic carbocycles. The molecule has 0 radical (unpaired) electrons. The lowest BCUT2D eigenvalue weighted by Gasteiger charge is -2.16. The Morgan fingerprint density at radius 1 is 1.14 bits per heavy atom. The summed E-state index contributed by atoms with van der Waals surface area (Å²) in [5.41, 5.74) is 4.27. The van der Waals surface area contributed by atoms with Gasteiger partial charge in [0.15, 0.2) is 0 Å². The summed E-state index contributed by atoms with van der Waals surface area (Å²) in [6.07, 6.45) is 6.61. The smallest absolute Gasteiger partial charge is 0.224 e. The van der Waals surface area contributed by atoms with Crippen molar-refractivity contribution in [1.82, 2.24) is 9.55 Å². The number of nitrogens with zero attached hydrogens (tertiary/aromatic N) is 2. The molecule has 0 atom stereocenters. The van der Waals surface area contributed by atoms with Gasteiger partial charge in [-0.25, -0.2) is 4.98 Å². The summed E-state index contributed by atoms with van der Waals surface area (Å²) in [7, 11) is 0. The fraction of sp³-hybridized carbons (Fsp3) is 0.333. The van der Waals surface area contributed by atoms with Crippen LogP contribution in [-0.4, -0.2) is 22.1 Å². The van der Waals surface area contributed by atoms with Gasteiger partial charge in [-0.05, 0) is 68.5 Å². The van der Waals surface area contributed by atoms with E-state index in [4.69, 9.17) is 4.74 Å². The van der Waals surface area contributed by atoms with E-state index in [9.17, 15) is 4.79 Å². The van der Waals surface area contributed by atoms with Crippen LogP contribution in [0.1, 0.15) is 37.4 Å². The Hall–Kier alpha value is -3.08. The molecule has 0 fully saturated rings. The Labute approximate surface area is 171 Å². The van der Waals surface area contributed by atoms with Gasteiger partial charge in [0.1, 0.15) is 11.6 Å². The minimum atomic E-state index is 0.00208. The number of carbonyl (C=O) groups excluding carboxylic acids is 1. The average Bonchev–Trinajstić information content (AvgIpc) is 3.18. The standard InChI is InChI=1S/C24H27N3O2/c1-2-29-22-9-4-3-7-18(22)12-15-23(28)26-20-13-10-19(11-14-20)24-25-17-21-8-5-6-16-27(21)24/h3-4,7,9-11,13-14,17H,2,5-6,8,12,15-16H2,1H3,(H,26,28). The lowest BCUT2D eigenvalue weighted by molar-refractivity contribution is -0.116. The van der Waals surface area contributed by atoms with Crippen molar-refractivity contribution in [1.29, 1.82) is 0 Å². The Bertz CT molecular complexity index is 976. The highest BCUT2D eigenvalue weighted by Gasteiger charge is 2.15. The number of nitrogens with one attached hydrogen (secondary N) is 1. The highest BCUT2D eigenvalue weighted by atomic mass is 16.5. The minimum absolute atomic E-state index is 0.00208. The average molecular weight is 389 g/mol. The molecule has 3 aromatic rings. The number of amides is 1. The topological polar surface area (TPSA) is 56.1 Å². The Balaban J connectivity index is 1.37. The summed E-state index contributed by atoms with van der Waals surface area (Å²) < 4.78 is 7.95. The maximum absolute atomic E-state index is 12.4. The highest BCUT2D eigenvalue weighted by Crippen LogP contribution is 2.26. The first kappa shape index (κ1) is 19.2. The number of hydrogen-bond acceptors (Lipinski definition) is 3. The van der Waals surface area contributed by atoms with Crippen LogP contribution in [-0.2, 0) is 24.2 Å². The number of anilines is 1. The van der Waals surface area contributed by atoms with Crippen molar-refractivity contribution in [2.45, 2.75) is 45.6 Å². The van der Waals surface area contributed by atoms with E-state index in [1.54, 1.807) is 0 Å². The first-order chi connectivity index (χ1) is 14.2. The molecule has 29 heavy (non-hydrogen) atoms. The maximum Gasteiger partial charge on any atom is 0.224 e. The molecule has 1 aliphatic heterocycles. The van der Waals surface area contributed by atoms with E-state index in [0.29, 0.717) is 19.4 Å². The zero-order valence-corrected chi connectivity index (χ0v) is 16.9. The molecule has 150 valence electrons.